The van der Waals surface area contributed by atoms with E-state index in [0.29, 0.717) is 13.0 Å². The number of ether oxygens (including phenoxy) is 1. The third-order valence-electron chi connectivity index (χ3n) is 2.70. The van der Waals surface area contributed by atoms with E-state index in [1.165, 1.54) is 12.1 Å². The van der Waals surface area contributed by atoms with Gasteiger partial charge in [-0.05, 0) is 37.5 Å². The van der Waals surface area contributed by atoms with Crippen molar-refractivity contribution in [3.05, 3.63) is 35.6 Å². The average molecular weight is 235 g/mol. The van der Waals surface area contributed by atoms with Crippen LogP contribution in [0.1, 0.15) is 25.3 Å². The average Bonchev–Trinajstić information content (AvgIpc) is 2.80. The Morgan fingerprint density at radius 2 is 2.18 bits per heavy atom. The second kappa shape index (κ2) is 5.08. The van der Waals surface area contributed by atoms with Crippen LogP contribution < -0.4 is 0 Å². The summed E-state index contributed by atoms with van der Waals surface area (Å²) in [5, 5.41) is 0. The Balaban J connectivity index is 2.11. The van der Waals surface area contributed by atoms with E-state index in [1.54, 1.807) is 19.1 Å². The molecular formula is C13H14FNO2. The first-order valence-electron chi connectivity index (χ1n) is 5.70. The molecule has 0 fully saturated rings. The molecule has 1 aliphatic rings. The molecule has 17 heavy (non-hydrogen) atoms. The monoisotopic (exact) mass is 235 g/mol. The van der Waals surface area contributed by atoms with E-state index in [-0.39, 0.29) is 11.8 Å². The zero-order valence-corrected chi connectivity index (χ0v) is 9.65. The van der Waals surface area contributed by atoms with E-state index in [0.717, 1.165) is 17.7 Å². The Bertz CT molecular complexity index is 439. The summed E-state index contributed by atoms with van der Waals surface area (Å²) in [6, 6.07) is 5.77. The highest BCUT2D eigenvalue weighted by Crippen LogP contribution is 2.19. The number of nitrogens with zero attached hydrogens (tertiary/aromatic N) is 1. The predicted octanol–water partition coefficient (Wildman–Crippen LogP) is 2.34. The van der Waals surface area contributed by atoms with Crippen molar-refractivity contribution in [1.82, 2.24) is 0 Å². The van der Waals surface area contributed by atoms with Gasteiger partial charge in [0.2, 0.25) is 0 Å². The second-order valence-electron chi connectivity index (χ2n) is 3.89. The van der Waals surface area contributed by atoms with Gasteiger partial charge in [0, 0.05) is 5.71 Å². The minimum atomic E-state index is -0.394. The first-order chi connectivity index (χ1) is 8.20. The molecule has 0 aromatic heterocycles. The molecule has 0 bridgehead atoms. The van der Waals surface area contributed by atoms with Crippen LogP contribution in [0.2, 0.25) is 0 Å². The van der Waals surface area contributed by atoms with Gasteiger partial charge in [-0.3, -0.25) is 4.99 Å². The number of rotatable bonds is 3. The number of hydrogen-bond donors (Lipinski definition) is 0. The zero-order valence-electron chi connectivity index (χ0n) is 9.65. The first kappa shape index (κ1) is 11.8. The molecule has 90 valence electrons. The molecule has 0 spiro atoms. The van der Waals surface area contributed by atoms with Gasteiger partial charge in [0.15, 0.2) is 0 Å². The van der Waals surface area contributed by atoms with Crippen LogP contribution in [0.3, 0.4) is 0 Å². The van der Waals surface area contributed by atoms with E-state index in [4.69, 9.17) is 4.74 Å². The maximum absolute atomic E-state index is 12.8. The van der Waals surface area contributed by atoms with Crippen LogP contribution in [0.4, 0.5) is 4.39 Å². The van der Waals surface area contributed by atoms with Crippen molar-refractivity contribution in [2.24, 2.45) is 4.99 Å². The molecule has 0 amide bonds. The van der Waals surface area contributed by atoms with Crippen molar-refractivity contribution in [3.63, 3.8) is 0 Å². The van der Waals surface area contributed by atoms with Crippen molar-refractivity contribution >= 4 is 11.7 Å². The van der Waals surface area contributed by atoms with Crippen LogP contribution in [0.25, 0.3) is 0 Å². The number of carbonyl (C=O) groups excluding carboxylic acids is 1. The van der Waals surface area contributed by atoms with Crippen LogP contribution in [0.15, 0.2) is 29.3 Å². The van der Waals surface area contributed by atoms with Crippen molar-refractivity contribution in [2.45, 2.75) is 25.8 Å². The molecule has 1 aliphatic heterocycles. The largest absolute Gasteiger partial charge is 0.464 e. The fourth-order valence-electron chi connectivity index (χ4n) is 1.86. The Morgan fingerprint density at radius 1 is 1.47 bits per heavy atom. The summed E-state index contributed by atoms with van der Waals surface area (Å²) in [6.45, 7) is 2.15. The highest BCUT2D eigenvalue weighted by atomic mass is 19.1. The Kier molecular flexibility index (Phi) is 3.52. The van der Waals surface area contributed by atoms with E-state index < -0.39 is 6.04 Å². The summed E-state index contributed by atoms with van der Waals surface area (Å²) in [5.41, 5.74) is 1.72. The van der Waals surface area contributed by atoms with E-state index in [1.807, 2.05) is 0 Å². The molecule has 1 aromatic carbocycles. The quantitative estimate of drug-likeness (QED) is 0.754. The Morgan fingerprint density at radius 3 is 2.82 bits per heavy atom. The van der Waals surface area contributed by atoms with Crippen LogP contribution in [-0.4, -0.2) is 24.3 Å². The summed E-state index contributed by atoms with van der Waals surface area (Å²) in [5.74, 6) is -0.543. The van der Waals surface area contributed by atoms with Crippen molar-refractivity contribution < 1.29 is 13.9 Å². The van der Waals surface area contributed by atoms with E-state index in [2.05, 4.69) is 4.99 Å². The summed E-state index contributed by atoms with van der Waals surface area (Å²) < 4.78 is 17.7. The van der Waals surface area contributed by atoms with Gasteiger partial charge in [-0.2, -0.15) is 0 Å². The van der Waals surface area contributed by atoms with Crippen LogP contribution in [-0.2, 0) is 9.53 Å². The van der Waals surface area contributed by atoms with Gasteiger partial charge in [0.25, 0.3) is 0 Å². The van der Waals surface area contributed by atoms with Crippen LogP contribution >= 0.6 is 0 Å². The summed E-state index contributed by atoms with van der Waals surface area (Å²) >= 11 is 0. The van der Waals surface area contributed by atoms with Crippen molar-refractivity contribution in [3.8, 4) is 0 Å². The normalized spacial score (nSPS) is 18.9. The van der Waals surface area contributed by atoms with E-state index >= 15 is 0 Å². The number of aliphatic imine (C=N–C) groups is 1. The smallest absolute Gasteiger partial charge is 0.330 e. The van der Waals surface area contributed by atoms with Gasteiger partial charge in [-0.25, -0.2) is 9.18 Å². The summed E-state index contributed by atoms with van der Waals surface area (Å²) in [4.78, 5) is 15.8. The lowest BCUT2D eigenvalue weighted by atomic mass is 10.1. The zero-order chi connectivity index (χ0) is 12.3. The van der Waals surface area contributed by atoms with Crippen molar-refractivity contribution in [1.29, 1.82) is 0 Å². The maximum atomic E-state index is 12.8. The number of esters is 1. The third-order valence-corrected chi connectivity index (χ3v) is 2.70. The second-order valence-corrected chi connectivity index (χ2v) is 3.89. The molecule has 4 heteroatoms. The van der Waals surface area contributed by atoms with Gasteiger partial charge in [0.1, 0.15) is 11.9 Å². The number of halogens is 1. The minimum absolute atomic E-state index is 0.269. The molecular weight excluding hydrogens is 221 g/mol. The molecule has 1 aromatic rings. The molecule has 0 saturated carbocycles. The third kappa shape index (κ3) is 2.70. The highest BCUT2D eigenvalue weighted by molar-refractivity contribution is 6.03. The molecule has 0 aliphatic carbocycles. The lowest BCUT2D eigenvalue weighted by Gasteiger charge is -2.04. The van der Waals surface area contributed by atoms with Gasteiger partial charge < -0.3 is 4.74 Å². The minimum Gasteiger partial charge on any atom is -0.464 e. The Hall–Kier alpha value is -1.71. The van der Waals surface area contributed by atoms with Gasteiger partial charge in [-0.15, -0.1) is 0 Å². The lowest BCUT2D eigenvalue weighted by Crippen LogP contribution is -2.18. The molecule has 0 unspecified atom stereocenters. The first-order valence-corrected chi connectivity index (χ1v) is 5.70. The molecule has 2 rings (SSSR count). The highest BCUT2D eigenvalue weighted by Gasteiger charge is 2.25. The molecule has 3 nitrogen and oxygen atoms in total. The van der Waals surface area contributed by atoms with Gasteiger partial charge in [-0.1, -0.05) is 12.1 Å². The molecule has 1 heterocycles. The molecule has 0 N–H and O–H groups in total. The van der Waals surface area contributed by atoms with Crippen LogP contribution in [0, 0.1) is 5.82 Å². The van der Waals surface area contributed by atoms with Gasteiger partial charge in [0.05, 0.1) is 6.61 Å². The number of carbonyl (C=O) groups is 1. The number of hydrogen-bond acceptors (Lipinski definition) is 3. The van der Waals surface area contributed by atoms with E-state index in [9.17, 15) is 9.18 Å². The topological polar surface area (TPSA) is 38.7 Å². The lowest BCUT2D eigenvalue weighted by molar-refractivity contribution is -0.144. The number of benzene rings is 1. The van der Waals surface area contributed by atoms with Crippen LogP contribution in [0.5, 0.6) is 0 Å². The maximum Gasteiger partial charge on any atom is 0.330 e. The standard InChI is InChI=1S/C13H14FNO2/c1-2-17-13(16)12-8-7-11(15-12)9-3-5-10(14)6-4-9/h3-6,12H,2,7-8H2,1H3/t12-/m1/s1. The fourth-order valence-corrected chi connectivity index (χ4v) is 1.86. The van der Waals surface area contributed by atoms with Crippen molar-refractivity contribution in [2.75, 3.05) is 6.61 Å². The molecule has 0 radical (unpaired) electrons. The molecule has 1 atom stereocenters. The summed E-state index contributed by atoms with van der Waals surface area (Å²) in [6.07, 6.45) is 1.40. The van der Waals surface area contributed by atoms with Gasteiger partial charge >= 0.3 is 5.97 Å². The summed E-state index contributed by atoms with van der Waals surface area (Å²) in [7, 11) is 0. The fraction of sp³-hybridized carbons (Fsp3) is 0.385. The molecule has 0 saturated heterocycles. The Labute approximate surface area is 99.3 Å². The SMILES string of the molecule is CCOC(=O)[C@H]1CCC(c2ccc(F)cc2)=N1. The predicted molar refractivity (Wildman–Crippen MR) is 62.6 cm³/mol.